The largest absolute Gasteiger partial charge is 0.497 e. The van der Waals surface area contributed by atoms with Crippen LogP contribution in [-0.2, 0) is 9.53 Å². The van der Waals surface area contributed by atoms with E-state index in [2.05, 4.69) is 10.2 Å². The van der Waals surface area contributed by atoms with E-state index in [4.69, 9.17) is 26.1 Å². The lowest BCUT2D eigenvalue weighted by atomic mass is 9.95. The number of hydrogen-bond acceptors (Lipinski definition) is 6. The first-order valence-corrected chi connectivity index (χ1v) is 10.4. The number of aromatic nitrogens is 3. The van der Waals surface area contributed by atoms with Gasteiger partial charge in [0.05, 0.1) is 31.5 Å². The molecule has 4 rings (SSSR count). The van der Waals surface area contributed by atoms with Crippen molar-refractivity contribution in [1.82, 2.24) is 14.8 Å². The number of carbonyl (C=O) groups is 1. The van der Waals surface area contributed by atoms with Crippen LogP contribution in [0.4, 0.5) is 0 Å². The van der Waals surface area contributed by atoms with E-state index < -0.39 is 12.0 Å². The average Bonchev–Trinajstić information content (AvgIpc) is 3.10. The molecule has 2 atom stereocenters. The molecule has 31 heavy (non-hydrogen) atoms. The molecule has 0 saturated carbocycles. The van der Waals surface area contributed by atoms with Gasteiger partial charge in [0.1, 0.15) is 17.6 Å². The van der Waals surface area contributed by atoms with Gasteiger partial charge in [-0.1, -0.05) is 30.7 Å². The second kappa shape index (κ2) is 8.51. The van der Waals surface area contributed by atoms with E-state index in [0.717, 1.165) is 22.5 Å². The molecular formula is C23H23ClN4O3. The van der Waals surface area contributed by atoms with E-state index in [0.29, 0.717) is 28.8 Å². The first-order chi connectivity index (χ1) is 15.0. The zero-order valence-electron chi connectivity index (χ0n) is 17.8. The standard InChI is InChI=1S/C23H23ClN4O3/c1-5-17(23(29)31-4)21-22-27-26-13(2)28(22)19-11-10-16(30-3)12-18(19)20(25-21)14-6-8-15(24)9-7-14/h6-12,17,21H,5H2,1-4H3. The Morgan fingerprint density at radius 2 is 1.90 bits per heavy atom. The molecule has 160 valence electrons. The molecule has 0 saturated heterocycles. The van der Waals surface area contributed by atoms with E-state index in [1.807, 2.05) is 60.9 Å². The summed E-state index contributed by atoms with van der Waals surface area (Å²) in [6.07, 6.45) is 0.542. The number of rotatable bonds is 5. The van der Waals surface area contributed by atoms with Crippen LogP contribution < -0.4 is 4.74 Å². The second-order valence-electron chi connectivity index (χ2n) is 7.29. The van der Waals surface area contributed by atoms with Crippen LogP contribution in [-0.4, -0.2) is 40.7 Å². The van der Waals surface area contributed by atoms with Crippen molar-refractivity contribution in [2.24, 2.45) is 10.9 Å². The molecule has 0 amide bonds. The molecule has 1 aliphatic heterocycles. The van der Waals surface area contributed by atoms with Gasteiger partial charge in [0.15, 0.2) is 5.82 Å². The molecular weight excluding hydrogens is 416 g/mol. The molecule has 0 N–H and O–H groups in total. The van der Waals surface area contributed by atoms with Crippen molar-refractivity contribution in [3.05, 3.63) is 70.3 Å². The number of aryl methyl sites for hydroxylation is 1. The maximum absolute atomic E-state index is 12.6. The highest BCUT2D eigenvalue weighted by molar-refractivity contribution is 6.30. The summed E-state index contributed by atoms with van der Waals surface area (Å²) in [6, 6.07) is 12.7. The number of benzene rings is 2. The molecule has 0 radical (unpaired) electrons. The summed E-state index contributed by atoms with van der Waals surface area (Å²) in [4.78, 5) is 17.7. The maximum atomic E-state index is 12.6. The van der Waals surface area contributed by atoms with Crippen molar-refractivity contribution in [1.29, 1.82) is 0 Å². The fourth-order valence-corrected chi connectivity index (χ4v) is 4.07. The lowest BCUT2D eigenvalue weighted by Crippen LogP contribution is -2.24. The molecule has 1 aromatic heterocycles. The van der Waals surface area contributed by atoms with Crippen LogP contribution in [0.25, 0.3) is 5.69 Å². The SMILES string of the molecule is CCC(C(=O)OC)C1N=C(c2ccc(Cl)cc2)c2cc(OC)ccc2-n2c(C)nnc21. The second-order valence-corrected chi connectivity index (χ2v) is 7.73. The van der Waals surface area contributed by atoms with E-state index in [9.17, 15) is 4.79 Å². The minimum Gasteiger partial charge on any atom is -0.497 e. The van der Waals surface area contributed by atoms with Gasteiger partial charge in [-0.3, -0.25) is 14.4 Å². The Kier molecular flexibility index (Phi) is 5.78. The van der Waals surface area contributed by atoms with E-state index in [1.165, 1.54) is 7.11 Å². The summed E-state index contributed by atoms with van der Waals surface area (Å²) >= 11 is 6.13. The van der Waals surface area contributed by atoms with Gasteiger partial charge in [0.25, 0.3) is 0 Å². The molecule has 7 nitrogen and oxygen atoms in total. The number of esters is 1. The van der Waals surface area contributed by atoms with Gasteiger partial charge in [-0.25, -0.2) is 0 Å². The summed E-state index contributed by atoms with van der Waals surface area (Å²) in [5.74, 6) is 1.17. The van der Waals surface area contributed by atoms with Crippen LogP contribution in [0.5, 0.6) is 5.75 Å². The van der Waals surface area contributed by atoms with Gasteiger partial charge in [-0.2, -0.15) is 0 Å². The summed E-state index contributed by atoms with van der Waals surface area (Å²) in [5.41, 5.74) is 3.32. The molecule has 0 fully saturated rings. The monoisotopic (exact) mass is 438 g/mol. The first kappa shape index (κ1) is 21.1. The maximum Gasteiger partial charge on any atom is 0.311 e. The molecule has 0 spiro atoms. The van der Waals surface area contributed by atoms with Gasteiger partial charge in [-0.15, -0.1) is 10.2 Å². The fourth-order valence-electron chi connectivity index (χ4n) is 3.94. The molecule has 2 heterocycles. The highest BCUT2D eigenvalue weighted by atomic mass is 35.5. The Labute approximate surface area is 185 Å². The number of fused-ring (bicyclic) bond motifs is 3. The number of nitrogens with zero attached hydrogens (tertiary/aromatic N) is 4. The molecule has 2 unspecified atom stereocenters. The number of carbonyl (C=O) groups excluding carboxylic acids is 1. The van der Waals surface area contributed by atoms with Crippen molar-refractivity contribution in [3.63, 3.8) is 0 Å². The van der Waals surface area contributed by atoms with Gasteiger partial charge in [0, 0.05) is 16.1 Å². The normalized spacial score (nSPS) is 15.9. The average molecular weight is 439 g/mol. The molecule has 0 bridgehead atoms. The molecule has 0 aliphatic carbocycles. The molecule has 8 heteroatoms. The summed E-state index contributed by atoms with van der Waals surface area (Å²) in [7, 11) is 3.02. The fraction of sp³-hybridized carbons (Fsp3) is 0.304. The quantitative estimate of drug-likeness (QED) is 0.554. The van der Waals surface area contributed by atoms with Crippen LogP contribution in [0, 0.1) is 12.8 Å². The zero-order chi connectivity index (χ0) is 22.1. The Hall–Kier alpha value is -3.19. The topological polar surface area (TPSA) is 78.6 Å². The Balaban J connectivity index is 2.04. The first-order valence-electron chi connectivity index (χ1n) is 10.0. The van der Waals surface area contributed by atoms with Crippen LogP contribution in [0.1, 0.15) is 42.2 Å². The third-order valence-electron chi connectivity index (χ3n) is 5.52. The van der Waals surface area contributed by atoms with E-state index in [1.54, 1.807) is 7.11 Å². The number of methoxy groups -OCH3 is 2. The highest BCUT2D eigenvalue weighted by Crippen LogP contribution is 2.37. The van der Waals surface area contributed by atoms with E-state index >= 15 is 0 Å². The number of aliphatic imine (C=N–C) groups is 1. The van der Waals surface area contributed by atoms with Crippen molar-refractivity contribution in [2.75, 3.05) is 14.2 Å². The highest BCUT2D eigenvalue weighted by Gasteiger charge is 2.36. The molecule has 3 aromatic rings. The van der Waals surface area contributed by atoms with E-state index in [-0.39, 0.29) is 5.97 Å². The van der Waals surface area contributed by atoms with Crippen molar-refractivity contribution >= 4 is 23.3 Å². The molecule has 2 aromatic carbocycles. The smallest absolute Gasteiger partial charge is 0.311 e. The van der Waals surface area contributed by atoms with Gasteiger partial charge in [-0.05, 0) is 43.7 Å². The van der Waals surface area contributed by atoms with Crippen LogP contribution in [0.15, 0.2) is 47.5 Å². The van der Waals surface area contributed by atoms with Gasteiger partial charge >= 0.3 is 5.97 Å². The number of hydrogen-bond donors (Lipinski definition) is 0. The predicted molar refractivity (Wildman–Crippen MR) is 118 cm³/mol. The summed E-state index contributed by atoms with van der Waals surface area (Å²) in [5, 5.41) is 9.33. The number of ether oxygens (including phenoxy) is 2. The summed E-state index contributed by atoms with van der Waals surface area (Å²) < 4.78 is 12.5. The lowest BCUT2D eigenvalue weighted by Gasteiger charge is -2.20. The zero-order valence-corrected chi connectivity index (χ0v) is 18.6. The Morgan fingerprint density at radius 1 is 1.16 bits per heavy atom. The van der Waals surface area contributed by atoms with Crippen molar-refractivity contribution in [2.45, 2.75) is 26.3 Å². The minimum atomic E-state index is -0.567. The van der Waals surface area contributed by atoms with Gasteiger partial charge < -0.3 is 9.47 Å². The minimum absolute atomic E-state index is 0.331. The predicted octanol–water partition coefficient (Wildman–Crippen LogP) is 4.33. The van der Waals surface area contributed by atoms with Crippen LogP contribution in [0.2, 0.25) is 5.02 Å². The van der Waals surface area contributed by atoms with Gasteiger partial charge in [0.2, 0.25) is 0 Å². The summed E-state index contributed by atoms with van der Waals surface area (Å²) in [6.45, 7) is 3.82. The van der Waals surface area contributed by atoms with Crippen molar-refractivity contribution in [3.8, 4) is 11.4 Å². The Bertz CT molecular complexity index is 1150. The van der Waals surface area contributed by atoms with Crippen LogP contribution >= 0.6 is 11.6 Å². The van der Waals surface area contributed by atoms with Crippen molar-refractivity contribution < 1.29 is 14.3 Å². The molecule has 1 aliphatic rings. The lowest BCUT2D eigenvalue weighted by molar-refractivity contribution is -0.146. The third kappa shape index (κ3) is 3.70. The number of halogens is 1. The Morgan fingerprint density at radius 3 is 2.55 bits per heavy atom. The van der Waals surface area contributed by atoms with Crippen LogP contribution in [0.3, 0.4) is 0 Å². The third-order valence-corrected chi connectivity index (χ3v) is 5.78.